The fourth-order valence-electron chi connectivity index (χ4n) is 1.88. The molecule has 0 atom stereocenters. The predicted molar refractivity (Wildman–Crippen MR) is 84.2 cm³/mol. The van der Waals surface area contributed by atoms with E-state index in [0.717, 1.165) is 0 Å². The number of carboxylic acids is 1. The van der Waals surface area contributed by atoms with E-state index >= 15 is 0 Å². The molecule has 7 heteroatoms. The van der Waals surface area contributed by atoms with E-state index in [9.17, 15) is 14.7 Å². The molecule has 2 aromatic carbocycles. The Labute approximate surface area is 136 Å². The zero-order chi connectivity index (χ0) is 16.4. The van der Waals surface area contributed by atoms with Gasteiger partial charge in [-0.15, -0.1) is 0 Å². The monoisotopic (exact) mass is 339 g/mol. The quantitative estimate of drug-likeness (QED) is 0.738. The molecule has 0 bridgehead atoms. The lowest BCUT2D eigenvalue weighted by molar-refractivity contribution is 0.0693. The molecule has 0 radical (unpaired) electrons. The SMILES string of the molecule is Cc1cc(NC(=O)c2cc(Cl)ccc2Cl)cc(C(=O)O)c1O. The maximum absolute atomic E-state index is 12.2. The molecular weight excluding hydrogens is 329 g/mol. The Morgan fingerprint density at radius 2 is 1.77 bits per heavy atom. The van der Waals surface area contributed by atoms with Crippen molar-refractivity contribution in [2.45, 2.75) is 6.92 Å². The van der Waals surface area contributed by atoms with Crippen LogP contribution in [0.2, 0.25) is 10.0 Å². The highest BCUT2D eigenvalue weighted by atomic mass is 35.5. The molecule has 0 spiro atoms. The number of benzene rings is 2. The van der Waals surface area contributed by atoms with Gasteiger partial charge in [-0.1, -0.05) is 23.2 Å². The number of nitrogens with one attached hydrogen (secondary N) is 1. The molecule has 114 valence electrons. The van der Waals surface area contributed by atoms with Gasteiger partial charge in [0.15, 0.2) is 0 Å². The smallest absolute Gasteiger partial charge is 0.339 e. The Morgan fingerprint density at radius 1 is 1.09 bits per heavy atom. The van der Waals surface area contributed by atoms with Crippen LogP contribution in [-0.2, 0) is 0 Å². The summed E-state index contributed by atoms with van der Waals surface area (Å²) < 4.78 is 0. The molecule has 0 fully saturated rings. The number of hydrogen-bond donors (Lipinski definition) is 3. The molecule has 0 saturated heterocycles. The van der Waals surface area contributed by atoms with Crippen LogP contribution in [0.25, 0.3) is 0 Å². The van der Waals surface area contributed by atoms with Crippen LogP contribution in [0.1, 0.15) is 26.3 Å². The molecular formula is C15H11Cl2NO4. The summed E-state index contributed by atoms with van der Waals surface area (Å²) in [6.07, 6.45) is 0. The largest absolute Gasteiger partial charge is 0.507 e. The molecule has 0 heterocycles. The number of carboxylic acid groups (broad SMARTS) is 1. The van der Waals surface area contributed by atoms with Crippen molar-refractivity contribution in [2.24, 2.45) is 0 Å². The molecule has 5 nitrogen and oxygen atoms in total. The minimum atomic E-state index is -1.29. The summed E-state index contributed by atoms with van der Waals surface area (Å²) in [5, 5.41) is 21.8. The van der Waals surface area contributed by atoms with Gasteiger partial charge in [0.05, 0.1) is 10.6 Å². The van der Waals surface area contributed by atoms with E-state index < -0.39 is 11.9 Å². The molecule has 2 rings (SSSR count). The second-order valence-corrected chi connectivity index (χ2v) is 5.42. The minimum absolute atomic E-state index is 0.164. The number of amides is 1. The summed E-state index contributed by atoms with van der Waals surface area (Å²) >= 11 is 11.8. The first-order valence-corrected chi connectivity index (χ1v) is 6.88. The average molecular weight is 340 g/mol. The number of hydrogen-bond acceptors (Lipinski definition) is 3. The lowest BCUT2D eigenvalue weighted by Gasteiger charge is -2.10. The highest BCUT2D eigenvalue weighted by Crippen LogP contribution is 2.28. The van der Waals surface area contributed by atoms with Gasteiger partial charge in [0.25, 0.3) is 5.91 Å². The van der Waals surface area contributed by atoms with Gasteiger partial charge in [0.1, 0.15) is 11.3 Å². The van der Waals surface area contributed by atoms with Crippen molar-refractivity contribution >= 4 is 40.8 Å². The van der Waals surface area contributed by atoms with E-state index in [0.29, 0.717) is 10.6 Å². The van der Waals surface area contributed by atoms with Gasteiger partial charge in [-0.25, -0.2) is 4.79 Å². The molecule has 0 aromatic heterocycles. The maximum atomic E-state index is 12.2. The first-order chi connectivity index (χ1) is 10.3. The first-order valence-electron chi connectivity index (χ1n) is 6.13. The van der Waals surface area contributed by atoms with Gasteiger partial charge in [-0.2, -0.15) is 0 Å². The normalized spacial score (nSPS) is 10.3. The van der Waals surface area contributed by atoms with Crippen LogP contribution in [-0.4, -0.2) is 22.1 Å². The summed E-state index contributed by atoms with van der Waals surface area (Å²) in [4.78, 5) is 23.3. The van der Waals surface area contributed by atoms with Crippen LogP contribution in [0.3, 0.4) is 0 Å². The van der Waals surface area contributed by atoms with Crippen molar-refractivity contribution in [1.29, 1.82) is 0 Å². The van der Waals surface area contributed by atoms with Crippen molar-refractivity contribution < 1.29 is 19.8 Å². The molecule has 22 heavy (non-hydrogen) atoms. The van der Waals surface area contributed by atoms with Crippen LogP contribution in [0.5, 0.6) is 5.75 Å². The van der Waals surface area contributed by atoms with Gasteiger partial charge in [0, 0.05) is 10.7 Å². The number of aromatic carboxylic acids is 1. The van der Waals surface area contributed by atoms with E-state index in [1.54, 1.807) is 6.07 Å². The first kappa shape index (κ1) is 16.1. The lowest BCUT2D eigenvalue weighted by atomic mass is 10.1. The summed E-state index contributed by atoms with van der Waals surface area (Å²) in [7, 11) is 0. The molecule has 2 aromatic rings. The minimum Gasteiger partial charge on any atom is -0.507 e. The number of phenols is 1. The van der Waals surface area contributed by atoms with Crippen molar-refractivity contribution in [3.05, 3.63) is 57.1 Å². The van der Waals surface area contributed by atoms with Gasteiger partial charge < -0.3 is 15.5 Å². The molecule has 3 N–H and O–H groups in total. The van der Waals surface area contributed by atoms with Gasteiger partial charge in [-0.3, -0.25) is 4.79 Å². The van der Waals surface area contributed by atoms with Gasteiger partial charge in [0.2, 0.25) is 0 Å². The summed E-state index contributed by atoms with van der Waals surface area (Å²) in [6, 6.07) is 7.07. The predicted octanol–water partition coefficient (Wildman–Crippen LogP) is 3.96. The maximum Gasteiger partial charge on any atom is 0.339 e. The molecule has 1 amide bonds. The van der Waals surface area contributed by atoms with Gasteiger partial charge in [-0.05, 0) is 42.8 Å². The van der Waals surface area contributed by atoms with E-state index in [1.165, 1.54) is 31.2 Å². The number of halogens is 2. The van der Waals surface area contributed by atoms with Crippen molar-refractivity contribution in [3.8, 4) is 5.75 Å². The summed E-state index contributed by atoms with van der Waals surface area (Å²) in [5.41, 5.74) is 0.422. The molecule has 0 aliphatic carbocycles. The number of anilines is 1. The van der Waals surface area contributed by atoms with Crippen molar-refractivity contribution in [2.75, 3.05) is 5.32 Å². The van der Waals surface area contributed by atoms with Crippen LogP contribution >= 0.6 is 23.2 Å². The third-order valence-electron chi connectivity index (χ3n) is 2.96. The second-order valence-electron chi connectivity index (χ2n) is 4.57. The zero-order valence-corrected chi connectivity index (χ0v) is 12.9. The molecule has 0 aliphatic rings. The molecule has 0 aliphatic heterocycles. The zero-order valence-electron chi connectivity index (χ0n) is 11.4. The number of aryl methyl sites for hydroxylation is 1. The van der Waals surface area contributed by atoms with E-state index in [-0.39, 0.29) is 27.6 Å². The highest BCUT2D eigenvalue weighted by Gasteiger charge is 2.16. The Balaban J connectivity index is 2.36. The third kappa shape index (κ3) is 3.32. The Kier molecular flexibility index (Phi) is 4.59. The third-order valence-corrected chi connectivity index (χ3v) is 3.53. The summed E-state index contributed by atoms with van der Waals surface area (Å²) in [6.45, 7) is 1.53. The number of carbonyl (C=O) groups is 2. The molecule has 0 saturated carbocycles. The fourth-order valence-corrected chi connectivity index (χ4v) is 2.26. The lowest BCUT2D eigenvalue weighted by Crippen LogP contribution is -2.13. The second kappa shape index (κ2) is 6.25. The van der Waals surface area contributed by atoms with Crippen LogP contribution in [0.15, 0.2) is 30.3 Å². The number of aromatic hydroxyl groups is 1. The van der Waals surface area contributed by atoms with Crippen molar-refractivity contribution in [3.63, 3.8) is 0 Å². The average Bonchev–Trinajstić information content (AvgIpc) is 2.44. The van der Waals surface area contributed by atoms with E-state index in [4.69, 9.17) is 28.3 Å². The molecule has 0 unspecified atom stereocenters. The van der Waals surface area contributed by atoms with E-state index in [1.807, 2.05) is 0 Å². The highest BCUT2D eigenvalue weighted by molar-refractivity contribution is 6.36. The van der Waals surface area contributed by atoms with Crippen LogP contribution in [0, 0.1) is 6.92 Å². The number of rotatable bonds is 3. The van der Waals surface area contributed by atoms with Crippen LogP contribution in [0.4, 0.5) is 5.69 Å². The van der Waals surface area contributed by atoms with Crippen molar-refractivity contribution in [1.82, 2.24) is 0 Å². The Morgan fingerprint density at radius 3 is 2.41 bits per heavy atom. The standard InChI is InChI=1S/C15H11Cl2NO4/c1-7-4-9(6-11(13(7)19)15(21)22)18-14(20)10-5-8(16)2-3-12(10)17/h2-6,19H,1H3,(H,18,20)(H,21,22). The fraction of sp³-hybridized carbons (Fsp3) is 0.0667. The Hall–Kier alpha value is -2.24. The van der Waals surface area contributed by atoms with Gasteiger partial charge >= 0.3 is 5.97 Å². The van der Waals surface area contributed by atoms with E-state index in [2.05, 4.69) is 5.32 Å². The van der Waals surface area contributed by atoms with Crippen LogP contribution < -0.4 is 5.32 Å². The number of carbonyl (C=O) groups excluding carboxylic acids is 1. The Bertz CT molecular complexity index is 774. The topological polar surface area (TPSA) is 86.6 Å². The summed E-state index contributed by atoms with van der Waals surface area (Å²) in [5.74, 6) is -2.17.